The van der Waals surface area contributed by atoms with Crippen molar-refractivity contribution in [3.63, 3.8) is 0 Å². The Kier molecular flexibility index (Phi) is 11.3. The third-order valence-electron chi connectivity index (χ3n) is 11.6. The Morgan fingerprint density at radius 2 is 1.68 bits per heavy atom. The Labute approximate surface area is 353 Å². The molecule has 8 rings (SSSR count). The predicted octanol–water partition coefficient (Wildman–Crippen LogP) is 5.97. The topological polar surface area (TPSA) is 172 Å². The summed E-state index contributed by atoms with van der Waals surface area (Å²) in [7, 11) is -0.00591. The zero-order valence-corrected chi connectivity index (χ0v) is 34.0. The molecule has 3 aliphatic rings. The Balaban J connectivity index is 0.954. The number of rotatable bonds is 9. The van der Waals surface area contributed by atoms with E-state index in [0.717, 1.165) is 33.6 Å². The molecule has 12 nitrogen and oxygen atoms in total. The van der Waals surface area contributed by atoms with Crippen LogP contribution in [-0.2, 0) is 16.8 Å². The minimum atomic E-state index is -1.58. The number of likely N-dealkylation sites (tertiary alicyclic amines) is 1. The van der Waals surface area contributed by atoms with Crippen molar-refractivity contribution in [1.82, 2.24) is 10.2 Å². The number of anilines is 1. The van der Waals surface area contributed by atoms with Crippen LogP contribution >= 0.6 is 11.6 Å². The number of fused-ring (bicyclic) bond motifs is 3. The number of benzodiazepines with no additional fused rings is 1. The lowest BCUT2D eigenvalue weighted by atomic mass is 9.74. The Bertz CT molecular complexity index is 2540. The van der Waals surface area contributed by atoms with Gasteiger partial charge in [0.1, 0.15) is 29.2 Å². The van der Waals surface area contributed by atoms with Gasteiger partial charge in [-0.15, -0.1) is 0 Å². The summed E-state index contributed by atoms with van der Waals surface area (Å²) < 4.78 is 11.7. The molecule has 2 amide bonds. The van der Waals surface area contributed by atoms with Gasteiger partial charge in [-0.3, -0.25) is 30.3 Å². The van der Waals surface area contributed by atoms with E-state index in [1.807, 2.05) is 59.5 Å². The molecule has 0 saturated carbocycles. The van der Waals surface area contributed by atoms with Crippen LogP contribution in [-0.4, -0.2) is 84.1 Å². The van der Waals surface area contributed by atoms with Crippen molar-refractivity contribution < 1.29 is 29.1 Å². The first-order chi connectivity index (χ1) is 28.9. The molecule has 60 heavy (non-hydrogen) atoms. The number of carbonyl (C=O) groups is 2. The minimum absolute atomic E-state index is 0.00996. The first-order valence-electron chi connectivity index (χ1n) is 19.8. The zero-order chi connectivity index (χ0) is 42.1. The van der Waals surface area contributed by atoms with Crippen molar-refractivity contribution in [2.24, 2.45) is 4.99 Å². The molecule has 5 N–H and O–H groups in total. The average Bonchev–Trinajstić information content (AvgIpc) is 3.55. The second-order valence-corrected chi connectivity index (χ2v) is 15.9. The van der Waals surface area contributed by atoms with Crippen LogP contribution in [0.4, 0.5) is 5.69 Å². The van der Waals surface area contributed by atoms with Gasteiger partial charge in [-0.2, -0.15) is 0 Å². The van der Waals surface area contributed by atoms with Crippen molar-refractivity contribution in [2.45, 2.75) is 44.2 Å². The van der Waals surface area contributed by atoms with Gasteiger partial charge in [0.2, 0.25) is 5.91 Å². The van der Waals surface area contributed by atoms with E-state index in [0.29, 0.717) is 71.3 Å². The van der Waals surface area contributed by atoms with E-state index in [-0.39, 0.29) is 41.9 Å². The number of ether oxygens (including phenoxy) is 2. The molecule has 1 saturated heterocycles. The largest absolute Gasteiger partial charge is 0.497 e. The standard InChI is InChI=1S/C46H44BClN6O6/c1-28(49)54-40-15-14-36(59-2)24-37(40)43(30-10-12-35(48)13-11-30)52-39(44(54)50)25-42(55)51-26-29-9-16-41-38(21-29)46(27-60-41)17-19-53(20-18-46)45(56)33-7-3-5-31(22-33)32-6-4-8-34(23-32)47(57)58/h3-16,21-24,39,49-50,57-58H,17-20,25-27H2,1-2H3,(H,51,55)/t39-/m0/s1. The van der Waals surface area contributed by atoms with E-state index < -0.39 is 13.2 Å². The number of halogens is 1. The maximum atomic E-state index is 13.8. The van der Waals surface area contributed by atoms with Crippen LogP contribution in [0.5, 0.6) is 11.5 Å². The van der Waals surface area contributed by atoms with Crippen molar-refractivity contribution in [3.05, 3.63) is 142 Å². The van der Waals surface area contributed by atoms with Gasteiger partial charge in [-0.1, -0.05) is 66.2 Å². The zero-order valence-electron chi connectivity index (χ0n) is 33.2. The molecular weight excluding hydrogens is 779 g/mol. The number of nitrogens with zero attached hydrogens (tertiary/aromatic N) is 3. The predicted molar refractivity (Wildman–Crippen MR) is 234 cm³/mol. The van der Waals surface area contributed by atoms with Crippen LogP contribution in [0.3, 0.4) is 0 Å². The van der Waals surface area contributed by atoms with Crippen molar-refractivity contribution in [3.8, 4) is 22.6 Å². The molecule has 0 aliphatic carbocycles. The van der Waals surface area contributed by atoms with Crippen molar-refractivity contribution in [1.29, 1.82) is 10.8 Å². The molecule has 14 heteroatoms. The first-order valence-corrected chi connectivity index (χ1v) is 20.2. The highest BCUT2D eigenvalue weighted by Crippen LogP contribution is 2.46. The molecule has 5 aromatic carbocycles. The SMILES string of the molecule is COc1ccc2c(c1)C(c1ccc(Cl)cc1)=N[C@@H](CC(=O)NCc1ccc3c(c1)C1(CCN(C(=O)c4cccc(-c5cccc(B(O)O)c5)c4)CC1)CO3)C(=N)N2C(C)=N. The summed E-state index contributed by atoms with van der Waals surface area (Å²) in [6.07, 6.45) is 1.31. The molecule has 1 fully saturated rings. The van der Waals surface area contributed by atoms with Gasteiger partial charge in [0.25, 0.3) is 5.91 Å². The molecule has 0 aromatic heterocycles. The molecule has 5 aromatic rings. The number of methoxy groups -OCH3 is 1. The molecule has 3 aliphatic heterocycles. The molecule has 0 radical (unpaired) electrons. The normalized spacial score (nSPS) is 16.6. The molecule has 0 unspecified atom stereocenters. The first kappa shape index (κ1) is 40.5. The highest BCUT2D eigenvalue weighted by atomic mass is 35.5. The lowest BCUT2D eigenvalue weighted by Crippen LogP contribution is -2.46. The van der Waals surface area contributed by atoms with Crippen LogP contribution in [0, 0.1) is 10.8 Å². The number of amidine groups is 2. The summed E-state index contributed by atoms with van der Waals surface area (Å²) >= 11 is 6.23. The quantitative estimate of drug-likeness (QED) is 0.0693. The van der Waals surface area contributed by atoms with Crippen LogP contribution in [0.2, 0.25) is 5.02 Å². The Morgan fingerprint density at radius 1 is 0.950 bits per heavy atom. The number of nitrogens with one attached hydrogen (secondary N) is 3. The maximum absolute atomic E-state index is 13.8. The summed E-state index contributed by atoms with van der Waals surface area (Å²) in [4.78, 5) is 35.9. The van der Waals surface area contributed by atoms with Crippen LogP contribution in [0.1, 0.15) is 58.8 Å². The van der Waals surface area contributed by atoms with Crippen LogP contribution < -0.4 is 25.2 Å². The lowest BCUT2D eigenvalue weighted by Gasteiger charge is -2.38. The number of benzene rings is 5. The van der Waals surface area contributed by atoms with Crippen LogP contribution in [0.25, 0.3) is 11.1 Å². The Morgan fingerprint density at radius 3 is 2.40 bits per heavy atom. The lowest BCUT2D eigenvalue weighted by molar-refractivity contribution is -0.121. The molecule has 1 atom stereocenters. The number of hydrogen-bond donors (Lipinski definition) is 5. The fourth-order valence-electron chi connectivity index (χ4n) is 8.35. The number of carbonyl (C=O) groups excluding carboxylic acids is 2. The second kappa shape index (κ2) is 16.8. The third kappa shape index (κ3) is 8.03. The minimum Gasteiger partial charge on any atom is -0.497 e. The number of amides is 2. The van der Waals surface area contributed by atoms with Gasteiger partial charge >= 0.3 is 7.12 Å². The van der Waals surface area contributed by atoms with E-state index in [2.05, 4.69) is 11.4 Å². The maximum Gasteiger partial charge on any atom is 0.488 e. The van der Waals surface area contributed by atoms with Gasteiger partial charge < -0.3 is 29.7 Å². The smallest absolute Gasteiger partial charge is 0.488 e. The molecular formula is C46H44BClN6O6. The molecule has 304 valence electrons. The molecule has 3 heterocycles. The Hall–Kier alpha value is -6.28. The van der Waals surface area contributed by atoms with Gasteiger partial charge in [-0.05, 0) is 96.5 Å². The summed E-state index contributed by atoms with van der Waals surface area (Å²) in [5, 5.41) is 40.7. The van der Waals surface area contributed by atoms with E-state index in [1.54, 1.807) is 62.6 Å². The number of hydrogen-bond acceptors (Lipinski definition) is 9. The summed E-state index contributed by atoms with van der Waals surface area (Å²) in [5.74, 6) is 1.17. The van der Waals surface area contributed by atoms with Gasteiger partial charge in [-0.25, -0.2) is 0 Å². The van der Waals surface area contributed by atoms with Gasteiger partial charge in [0, 0.05) is 52.3 Å². The summed E-state index contributed by atoms with van der Waals surface area (Å²) in [6.45, 7) is 3.47. The van der Waals surface area contributed by atoms with E-state index >= 15 is 0 Å². The number of aliphatic imine (C=N–C) groups is 1. The second-order valence-electron chi connectivity index (χ2n) is 15.4. The van der Waals surface area contributed by atoms with Gasteiger partial charge in [0.15, 0.2) is 0 Å². The van der Waals surface area contributed by atoms with E-state index in [9.17, 15) is 25.0 Å². The average molecular weight is 823 g/mol. The van der Waals surface area contributed by atoms with Crippen molar-refractivity contribution >= 4 is 59.1 Å². The van der Waals surface area contributed by atoms with Crippen molar-refractivity contribution in [2.75, 3.05) is 31.7 Å². The summed E-state index contributed by atoms with van der Waals surface area (Å²) in [6, 6.07) is 32.1. The fraction of sp³-hybridized carbons (Fsp3) is 0.239. The fourth-order valence-corrected chi connectivity index (χ4v) is 8.47. The highest BCUT2D eigenvalue weighted by Gasteiger charge is 2.44. The monoisotopic (exact) mass is 822 g/mol. The molecule has 1 spiro atoms. The third-order valence-corrected chi connectivity index (χ3v) is 11.9. The highest BCUT2D eigenvalue weighted by molar-refractivity contribution is 6.58. The van der Waals surface area contributed by atoms with E-state index in [1.165, 1.54) is 4.90 Å². The summed E-state index contributed by atoms with van der Waals surface area (Å²) in [5.41, 5.74) is 6.81. The molecule has 0 bridgehead atoms. The van der Waals surface area contributed by atoms with Crippen LogP contribution in [0.15, 0.2) is 114 Å². The van der Waals surface area contributed by atoms with E-state index in [4.69, 9.17) is 31.5 Å². The van der Waals surface area contributed by atoms with Gasteiger partial charge in [0.05, 0.1) is 31.5 Å². The number of piperidine rings is 1.